The van der Waals surface area contributed by atoms with E-state index in [2.05, 4.69) is 5.32 Å². The number of nitrogens with two attached hydrogens (primary N) is 1. The van der Waals surface area contributed by atoms with Gasteiger partial charge in [0.2, 0.25) is 0 Å². The van der Waals surface area contributed by atoms with Gasteiger partial charge < -0.3 is 15.5 Å². The van der Waals surface area contributed by atoms with Crippen LogP contribution in [-0.2, 0) is 0 Å². The summed E-state index contributed by atoms with van der Waals surface area (Å²) in [6.07, 6.45) is 0.706. The molecule has 0 radical (unpaired) electrons. The zero-order chi connectivity index (χ0) is 14.5. The summed E-state index contributed by atoms with van der Waals surface area (Å²) < 4.78 is 18.3. The highest BCUT2D eigenvalue weighted by Gasteiger charge is 2.12. The molecule has 5 heteroatoms. The third-order valence-corrected chi connectivity index (χ3v) is 2.84. The van der Waals surface area contributed by atoms with Gasteiger partial charge in [-0.2, -0.15) is 0 Å². The second-order valence-electron chi connectivity index (χ2n) is 4.69. The summed E-state index contributed by atoms with van der Waals surface area (Å²) in [5.41, 5.74) is 6.33. The zero-order valence-electron chi connectivity index (χ0n) is 11.2. The Hall–Kier alpha value is -2.14. The maximum Gasteiger partial charge on any atom is 0.287 e. The normalized spacial score (nSPS) is 12.2. The number of rotatable bonds is 5. The lowest BCUT2D eigenvalue weighted by atomic mass is 10.2. The predicted molar refractivity (Wildman–Crippen MR) is 74.7 cm³/mol. The lowest BCUT2D eigenvalue weighted by Crippen LogP contribution is -2.28. The number of benzene rings is 1. The van der Waals surface area contributed by atoms with Gasteiger partial charge in [-0.15, -0.1) is 0 Å². The molecule has 0 saturated heterocycles. The van der Waals surface area contributed by atoms with Crippen molar-refractivity contribution in [1.82, 2.24) is 5.32 Å². The Bertz CT molecular complexity index is 576. The number of halogens is 1. The van der Waals surface area contributed by atoms with Gasteiger partial charge in [0.15, 0.2) is 5.76 Å². The number of hydrogen-bond donors (Lipinski definition) is 2. The predicted octanol–water partition coefficient (Wildman–Crippen LogP) is 2.55. The molecule has 2 aromatic rings. The molecule has 4 nitrogen and oxygen atoms in total. The molecule has 0 aliphatic heterocycles. The summed E-state index contributed by atoms with van der Waals surface area (Å²) in [6, 6.07) is 9.23. The molecule has 1 atom stereocenters. The first-order valence-electron chi connectivity index (χ1n) is 6.46. The minimum absolute atomic E-state index is 0.0432. The lowest BCUT2D eigenvalue weighted by molar-refractivity contribution is 0.0926. The third kappa shape index (κ3) is 3.68. The molecular weight excluding hydrogens is 259 g/mol. The SMILES string of the molecule is CC(N)CCNC(=O)c1ccc(-c2ccc(F)cc2)o1. The molecule has 0 fully saturated rings. The Labute approximate surface area is 116 Å². The van der Waals surface area contributed by atoms with Crippen LogP contribution < -0.4 is 11.1 Å². The van der Waals surface area contributed by atoms with Gasteiger partial charge >= 0.3 is 0 Å². The van der Waals surface area contributed by atoms with Gasteiger partial charge in [0, 0.05) is 18.2 Å². The summed E-state index contributed by atoms with van der Waals surface area (Å²) in [4.78, 5) is 11.8. The minimum atomic E-state index is -0.311. The van der Waals surface area contributed by atoms with E-state index in [-0.39, 0.29) is 23.5 Å². The molecule has 0 saturated carbocycles. The summed E-state index contributed by atoms with van der Waals surface area (Å²) in [5, 5.41) is 2.73. The van der Waals surface area contributed by atoms with Gasteiger partial charge in [0.1, 0.15) is 11.6 Å². The number of furan rings is 1. The maximum absolute atomic E-state index is 12.8. The van der Waals surface area contributed by atoms with Crippen LogP contribution in [0.2, 0.25) is 0 Å². The highest BCUT2D eigenvalue weighted by Crippen LogP contribution is 2.22. The monoisotopic (exact) mass is 276 g/mol. The largest absolute Gasteiger partial charge is 0.451 e. The second-order valence-corrected chi connectivity index (χ2v) is 4.69. The van der Waals surface area contributed by atoms with Gasteiger partial charge in [-0.1, -0.05) is 0 Å². The first kappa shape index (κ1) is 14.3. The molecule has 0 bridgehead atoms. The van der Waals surface area contributed by atoms with E-state index in [1.165, 1.54) is 12.1 Å². The van der Waals surface area contributed by atoms with Crippen molar-refractivity contribution in [2.24, 2.45) is 5.73 Å². The van der Waals surface area contributed by atoms with Gasteiger partial charge in [-0.05, 0) is 49.7 Å². The van der Waals surface area contributed by atoms with E-state index in [4.69, 9.17) is 10.2 Å². The molecule has 1 unspecified atom stereocenters. The number of hydrogen-bond acceptors (Lipinski definition) is 3. The topological polar surface area (TPSA) is 68.3 Å². The average Bonchev–Trinajstić information content (AvgIpc) is 2.88. The quantitative estimate of drug-likeness (QED) is 0.881. The van der Waals surface area contributed by atoms with Crippen molar-refractivity contribution in [2.45, 2.75) is 19.4 Å². The minimum Gasteiger partial charge on any atom is -0.451 e. The van der Waals surface area contributed by atoms with Crippen LogP contribution in [0, 0.1) is 5.82 Å². The van der Waals surface area contributed by atoms with Crippen molar-refractivity contribution in [3.63, 3.8) is 0 Å². The van der Waals surface area contributed by atoms with E-state index in [9.17, 15) is 9.18 Å². The Morgan fingerprint density at radius 1 is 1.30 bits per heavy atom. The second kappa shape index (κ2) is 6.34. The summed E-state index contributed by atoms with van der Waals surface area (Å²) in [7, 11) is 0. The fourth-order valence-corrected chi connectivity index (χ4v) is 1.73. The highest BCUT2D eigenvalue weighted by atomic mass is 19.1. The molecule has 1 aromatic heterocycles. The molecule has 0 aliphatic carbocycles. The first-order chi connectivity index (χ1) is 9.56. The Kier molecular flexibility index (Phi) is 4.53. The van der Waals surface area contributed by atoms with Crippen molar-refractivity contribution >= 4 is 5.91 Å². The van der Waals surface area contributed by atoms with E-state index in [1.807, 2.05) is 6.92 Å². The van der Waals surface area contributed by atoms with E-state index in [1.54, 1.807) is 24.3 Å². The maximum atomic E-state index is 12.8. The molecule has 106 valence electrons. The molecule has 0 spiro atoms. The van der Waals surface area contributed by atoms with Crippen molar-refractivity contribution in [3.8, 4) is 11.3 Å². The summed E-state index contributed by atoms with van der Waals surface area (Å²) >= 11 is 0. The number of carbonyl (C=O) groups is 1. The molecule has 20 heavy (non-hydrogen) atoms. The van der Waals surface area contributed by atoms with Crippen molar-refractivity contribution in [2.75, 3.05) is 6.54 Å². The van der Waals surface area contributed by atoms with E-state index in [0.29, 0.717) is 18.7 Å². The molecule has 3 N–H and O–H groups in total. The van der Waals surface area contributed by atoms with Crippen LogP contribution in [0.5, 0.6) is 0 Å². The fraction of sp³-hybridized carbons (Fsp3) is 0.267. The molecule has 1 aromatic carbocycles. The Balaban J connectivity index is 2.01. The van der Waals surface area contributed by atoms with Crippen LogP contribution >= 0.6 is 0 Å². The van der Waals surface area contributed by atoms with Gasteiger partial charge in [-0.3, -0.25) is 4.79 Å². The van der Waals surface area contributed by atoms with Crippen molar-refractivity contribution in [3.05, 3.63) is 48.0 Å². The van der Waals surface area contributed by atoms with Crippen LogP contribution in [0.1, 0.15) is 23.9 Å². The molecule has 0 aliphatic rings. The van der Waals surface area contributed by atoms with E-state index in [0.717, 1.165) is 5.56 Å². The third-order valence-electron chi connectivity index (χ3n) is 2.84. The summed E-state index contributed by atoms with van der Waals surface area (Å²) in [5.74, 6) is 0.171. The molecule has 2 rings (SSSR count). The van der Waals surface area contributed by atoms with E-state index < -0.39 is 0 Å². The van der Waals surface area contributed by atoms with Crippen molar-refractivity contribution < 1.29 is 13.6 Å². The average molecular weight is 276 g/mol. The molecule has 1 amide bonds. The number of nitrogens with one attached hydrogen (secondary N) is 1. The van der Waals surface area contributed by atoms with Crippen LogP contribution in [0.4, 0.5) is 4.39 Å². The highest BCUT2D eigenvalue weighted by molar-refractivity contribution is 5.92. The van der Waals surface area contributed by atoms with Crippen LogP contribution in [-0.4, -0.2) is 18.5 Å². The standard InChI is InChI=1S/C15H17FN2O2/c1-10(17)8-9-18-15(19)14-7-6-13(20-14)11-2-4-12(16)5-3-11/h2-7,10H,8-9,17H2,1H3,(H,18,19). The smallest absolute Gasteiger partial charge is 0.287 e. The first-order valence-corrected chi connectivity index (χ1v) is 6.46. The van der Waals surface area contributed by atoms with Gasteiger partial charge in [-0.25, -0.2) is 4.39 Å². The fourth-order valence-electron chi connectivity index (χ4n) is 1.73. The zero-order valence-corrected chi connectivity index (χ0v) is 11.2. The van der Waals surface area contributed by atoms with Crippen LogP contribution in [0.25, 0.3) is 11.3 Å². The lowest BCUT2D eigenvalue weighted by Gasteiger charge is -2.05. The summed E-state index contributed by atoms with van der Waals surface area (Å²) in [6.45, 7) is 2.38. The molecule has 1 heterocycles. The number of carbonyl (C=O) groups excluding carboxylic acids is 1. The van der Waals surface area contributed by atoms with Gasteiger partial charge in [0.25, 0.3) is 5.91 Å². The Morgan fingerprint density at radius 2 is 2.00 bits per heavy atom. The van der Waals surface area contributed by atoms with Gasteiger partial charge in [0.05, 0.1) is 0 Å². The van der Waals surface area contributed by atoms with Crippen molar-refractivity contribution in [1.29, 1.82) is 0 Å². The Morgan fingerprint density at radius 3 is 2.65 bits per heavy atom. The van der Waals surface area contributed by atoms with Crippen LogP contribution in [0.15, 0.2) is 40.8 Å². The van der Waals surface area contributed by atoms with Crippen LogP contribution in [0.3, 0.4) is 0 Å². The van der Waals surface area contributed by atoms with E-state index >= 15 is 0 Å². The molecular formula is C15H17FN2O2. The number of amides is 1.